The molecule has 2 heterocycles. The standard InChI is InChI=1S/C18H16N4O3S/c23-17(24)16(22-25-11-13-6-2-1-3-7-13)15-12-26-18(21-15)20-10-14-8-4-5-9-19-14/h1-9,12H,10-11H2,(H,20,21)(H,23,24). The molecule has 7 nitrogen and oxygen atoms in total. The number of rotatable bonds is 8. The first-order valence-corrected chi connectivity index (χ1v) is 8.67. The smallest absolute Gasteiger partial charge is 0.360 e. The molecule has 3 aromatic rings. The monoisotopic (exact) mass is 368 g/mol. The van der Waals surface area contributed by atoms with Crippen molar-refractivity contribution >= 4 is 28.1 Å². The van der Waals surface area contributed by atoms with Gasteiger partial charge >= 0.3 is 5.97 Å². The molecule has 0 radical (unpaired) electrons. The minimum atomic E-state index is -1.19. The average molecular weight is 368 g/mol. The van der Waals surface area contributed by atoms with E-state index in [4.69, 9.17) is 4.84 Å². The highest BCUT2D eigenvalue weighted by molar-refractivity contribution is 7.14. The molecule has 0 spiro atoms. The molecule has 0 saturated heterocycles. The maximum absolute atomic E-state index is 11.5. The Morgan fingerprint density at radius 2 is 2.00 bits per heavy atom. The van der Waals surface area contributed by atoms with E-state index in [1.54, 1.807) is 11.6 Å². The maximum Gasteiger partial charge on any atom is 0.360 e. The van der Waals surface area contributed by atoms with Crippen molar-refractivity contribution in [2.24, 2.45) is 5.16 Å². The number of benzene rings is 1. The van der Waals surface area contributed by atoms with Gasteiger partial charge in [-0.2, -0.15) is 0 Å². The molecule has 2 aromatic heterocycles. The van der Waals surface area contributed by atoms with E-state index in [1.807, 2.05) is 48.5 Å². The van der Waals surface area contributed by atoms with E-state index in [-0.39, 0.29) is 18.0 Å². The number of nitrogens with one attached hydrogen (secondary N) is 1. The summed E-state index contributed by atoms with van der Waals surface area (Å²) in [5.74, 6) is -1.19. The molecular formula is C18H16N4O3S. The molecule has 0 atom stereocenters. The third kappa shape index (κ3) is 4.87. The van der Waals surface area contributed by atoms with Crippen LogP contribution in [0.4, 0.5) is 5.13 Å². The van der Waals surface area contributed by atoms with E-state index in [0.29, 0.717) is 11.7 Å². The zero-order chi connectivity index (χ0) is 18.2. The zero-order valence-electron chi connectivity index (χ0n) is 13.7. The third-order valence-corrected chi connectivity index (χ3v) is 4.13. The van der Waals surface area contributed by atoms with Crippen LogP contribution in [0, 0.1) is 0 Å². The highest BCUT2D eigenvalue weighted by Gasteiger charge is 2.17. The van der Waals surface area contributed by atoms with Crippen LogP contribution in [0.5, 0.6) is 0 Å². The lowest BCUT2D eigenvalue weighted by Crippen LogP contribution is -2.15. The number of thiazole rings is 1. The normalized spacial score (nSPS) is 11.2. The molecule has 0 unspecified atom stereocenters. The Morgan fingerprint density at radius 3 is 2.73 bits per heavy atom. The predicted molar refractivity (Wildman–Crippen MR) is 99.1 cm³/mol. The van der Waals surface area contributed by atoms with Crippen molar-refractivity contribution < 1.29 is 14.7 Å². The molecule has 0 fully saturated rings. The van der Waals surface area contributed by atoms with E-state index in [2.05, 4.69) is 20.4 Å². The van der Waals surface area contributed by atoms with Crippen LogP contribution < -0.4 is 5.32 Å². The summed E-state index contributed by atoms with van der Waals surface area (Å²) in [7, 11) is 0. The lowest BCUT2D eigenvalue weighted by Gasteiger charge is -2.02. The molecule has 132 valence electrons. The number of hydrogen-bond acceptors (Lipinski definition) is 7. The minimum Gasteiger partial charge on any atom is -0.476 e. The molecule has 0 aliphatic carbocycles. The van der Waals surface area contributed by atoms with E-state index >= 15 is 0 Å². The van der Waals surface area contributed by atoms with Crippen LogP contribution >= 0.6 is 11.3 Å². The molecule has 3 rings (SSSR count). The van der Waals surface area contributed by atoms with Gasteiger partial charge in [-0.25, -0.2) is 9.78 Å². The van der Waals surface area contributed by atoms with Gasteiger partial charge in [0.05, 0.1) is 12.2 Å². The number of aromatic nitrogens is 2. The van der Waals surface area contributed by atoms with Gasteiger partial charge in [0.2, 0.25) is 5.71 Å². The Hall–Kier alpha value is -3.26. The molecule has 2 N–H and O–H groups in total. The number of carbonyl (C=O) groups is 1. The SMILES string of the molecule is O=C(O)C(=NOCc1ccccc1)c1csc(NCc2ccccn2)n1. The van der Waals surface area contributed by atoms with Crippen molar-refractivity contribution in [2.45, 2.75) is 13.2 Å². The Labute approximate surface area is 154 Å². The second kappa shape index (κ2) is 8.72. The molecule has 0 bridgehead atoms. The molecule has 0 amide bonds. The lowest BCUT2D eigenvalue weighted by atomic mass is 10.2. The summed E-state index contributed by atoms with van der Waals surface area (Å²) in [6.45, 7) is 0.685. The van der Waals surface area contributed by atoms with Gasteiger partial charge in [-0.05, 0) is 17.7 Å². The quantitative estimate of drug-likeness (QED) is 0.468. The Kier molecular flexibility index (Phi) is 5.89. The summed E-state index contributed by atoms with van der Waals surface area (Å²) in [4.78, 5) is 25.1. The van der Waals surface area contributed by atoms with Crippen molar-refractivity contribution in [3.05, 3.63) is 77.1 Å². The van der Waals surface area contributed by atoms with Gasteiger partial charge in [-0.15, -0.1) is 11.3 Å². The Bertz CT molecular complexity index is 882. The fraction of sp³-hybridized carbons (Fsp3) is 0.111. The van der Waals surface area contributed by atoms with Crippen molar-refractivity contribution in [2.75, 3.05) is 5.32 Å². The van der Waals surface area contributed by atoms with Gasteiger partial charge in [0.25, 0.3) is 0 Å². The number of oxime groups is 1. The van der Waals surface area contributed by atoms with E-state index in [1.165, 1.54) is 11.3 Å². The summed E-state index contributed by atoms with van der Waals surface area (Å²) < 4.78 is 0. The number of carboxylic acid groups (broad SMARTS) is 1. The first kappa shape index (κ1) is 17.6. The largest absolute Gasteiger partial charge is 0.476 e. The summed E-state index contributed by atoms with van der Waals surface area (Å²) in [5.41, 5.74) is 1.78. The maximum atomic E-state index is 11.5. The van der Waals surface area contributed by atoms with Crippen molar-refractivity contribution in [1.82, 2.24) is 9.97 Å². The van der Waals surface area contributed by atoms with Gasteiger partial charge in [0, 0.05) is 11.6 Å². The first-order chi connectivity index (χ1) is 12.7. The van der Waals surface area contributed by atoms with Crippen molar-refractivity contribution in [3.8, 4) is 0 Å². The number of pyridine rings is 1. The van der Waals surface area contributed by atoms with Crippen LogP contribution in [-0.4, -0.2) is 26.8 Å². The summed E-state index contributed by atoms with van der Waals surface area (Å²) in [6, 6.07) is 15.0. The second-order valence-corrected chi connectivity index (χ2v) is 6.07. The van der Waals surface area contributed by atoms with E-state index in [9.17, 15) is 9.90 Å². The summed E-state index contributed by atoms with van der Waals surface area (Å²) in [5, 5.41) is 18.4. The molecule has 0 saturated carbocycles. The fourth-order valence-corrected chi connectivity index (χ4v) is 2.77. The first-order valence-electron chi connectivity index (χ1n) is 7.79. The average Bonchev–Trinajstić information content (AvgIpc) is 3.13. The number of anilines is 1. The number of nitrogens with zero attached hydrogens (tertiary/aromatic N) is 3. The minimum absolute atomic E-state index is 0.187. The molecule has 0 aliphatic heterocycles. The van der Waals surface area contributed by atoms with Crippen LogP contribution in [-0.2, 0) is 22.8 Å². The predicted octanol–water partition coefficient (Wildman–Crippen LogP) is 3.16. The molecule has 0 aliphatic rings. The second-order valence-electron chi connectivity index (χ2n) is 5.22. The van der Waals surface area contributed by atoms with E-state index < -0.39 is 5.97 Å². The Morgan fingerprint density at radius 1 is 1.19 bits per heavy atom. The van der Waals surface area contributed by atoms with Gasteiger partial charge < -0.3 is 15.3 Å². The molecule has 1 aromatic carbocycles. The van der Waals surface area contributed by atoms with Gasteiger partial charge in [-0.1, -0.05) is 41.6 Å². The van der Waals surface area contributed by atoms with Gasteiger partial charge in [-0.3, -0.25) is 4.98 Å². The highest BCUT2D eigenvalue weighted by Crippen LogP contribution is 2.17. The Balaban J connectivity index is 1.63. The van der Waals surface area contributed by atoms with Crippen LogP contribution in [0.1, 0.15) is 17.0 Å². The highest BCUT2D eigenvalue weighted by atomic mass is 32.1. The molecule has 8 heteroatoms. The van der Waals surface area contributed by atoms with Crippen LogP contribution in [0.15, 0.2) is 65.3 Å². The van der Waals surface area contributed by atoms with Gasteiger partial charge in [0.15, 0.2) is 5.13 Å². The van der Waals surface area contributed by atoms with Crippen LogP contribution in [0.3, 0.4) is 0 Å². The van der Waals surface area contributed by atoms with Crippen LogP contribution in [0.2, 0.25) is 0 Å². The zero-order valence-corrected chi connectivity index (χ0v) is 14.5. The van der Waals surface area contributed by atoms with Crippen LogP contribution in [0.25, 0.3) is 0 Å². The summed E-state index contributed by atoms with van der Waals surface area (Å²) >= 11 is 1.29. The van der Waals surface area contributed by atoms with E-state index in [0.717, 1.165) is 11.3 Å². The topological polar surface area (TPSA) is 96.7 Å². The number of hydrogen-bond donors (Lipinski definition) is 2. The molecule has 26 heavy (non-hydrogen) atoms. The van der Waals surface area contributed by atoms with Gasteiger partial charge in [0.1, 0.15) is 12.3 Å². The van der Waals surface area contributed by atoms with Crippen molar-refractivity contribution in [1.29, 1.82) is 0 Å². The number of aliphatic carboxylic acids is 1. The molecular weight excluding hydrogens is 352 g/mol. The van der Waals surface area contributed by atoms with Crippen molar-refractivity contribution in [3.63, 3.8) is 0 Å². The fourth-order valence-electron chi connectivity index (χ4n) is 2.07. The third-order valence-electron chi connectivity index (χ3n) is 3.33. The number of carboxylic acids is 1. The summed E-state index contributed by atoms with van der Waals surface area (Å²) in [6.07, 6.45) is 1.71. The lowest BCUT2D eigenvalue weighted by molar-refractivity contribution is -0.129.